The van der Waals surface area contributed by atoms with Crippen LogP contribution in [0.2, 0.25) is 0 Å². The van der Waals surface area contributed by atoms with Crippen LogP contribution in [-0.2, 0) is 6.61 Å². The Hall–Kier alpha value is -4.20. The quantitative estimate of drug-likeness (QED) is 0.319. The average Bonchev–Trinajstić information content (AvgIpc) is 2.78. The van der Waals surface area contributed by atoms with Crippen molar-refractivity contribution < 1.29 is 19.1 Å². The van der Waals surface area contributed by atoms with Gasteiger partial charge in [-0.2, -0.15) is 10.2 Å². The summed E-state index contributed by atoms with van der Waals surface area (Å²) in [5, 5.41) is 19.7. The molecular formula is C22H17N3O5. The van der Waals surface area contributed by atoms with Crippen LogP contribution in [0, 0.1) is 10.1 Å². The summed E-state index contributed by atoms with van der Waals surface area (Å²) < 4.78 is 17.1. The minimum atomic E-state index is -0.459. The number of aromatic nitrogens is 2. The predicted molar refractivity (Wildman–Crippen MR) is 110 cm³/mol. The Kier molecular flexibility index (Phi) is 5.38. The van der Waals surface area contributed by atoms with Gasteiger partial charge in [0.05, 0.1) is 18.2 Å². The molecule has 150 valence electrons. The van der Waals surface area contributed by atoms with Gasteiger partial charge in [0.25, 0.3) is 5.69 Å². The van der Waals surface area contributed by atoms with E-state index in [-0.39, 0.29) is 5.69 Å². The summed E-state index contributed by atoms with van der Waals surface area (Å²) in [5.41, 5.74) is 1.53. The van der Waals surface area contributed by atoms with Crippen molar-refractivity contribution in [3.8, 4) is 23.0 Å². The fourth-order valence-electron chi connectivity index (χ4n) is 2.93. The van der Waals surface area contributed by atoms with Crippen LogP contribution in [0.15, 0.2) is 72.9 Å². The third-order valence-electron chi connectivity index (χ3n) is 4.44. The number of nitro groups is 1. The van der Waals surface area contributed by atoms with E-state index in [2.05, 4.69) is 10.2 Å². The van der Waals surface area contributed by atoms with Crippen LogP contribution in [0.3, 0.4) is 0 Å². The minimum absolute atomic E-state index is 0.00287. The highest BCUT2D eigenvalue weighted by atomic mass is 16.6. The standard InChI is InChI=1S/C22H17N3O5/c1-28-21-5-3-2-4-15(21)14-29-18-10-11-19-20(12-18)24-23-13-22(19)30-17-8-6-16(7-9-17)25(26)27/h2-13H,14H2,1H3. The van der Waals surface area contributed by atoms with E-state index in [0.29, 0.717) is 29.4 Å². The Morgan fingerprint density at radius 1 is 0.967 bits per heavy atom. The number of rotatable bonds is 7. The molecule has 0 radical (unpaired) electrons. The smallest absolute Gasteiger partial charge is 0.269 e. The molecule has 0 fully saturated rings. The molecule has 1 aromatic heterocycles. The molecule has 4 rings (SSSR count). The number of hydrogen-bond acceptors (Lipinski definition) is 7. The zero-order valence-corrected chi connectivity index (χ0v) is 16.0. The van der Waals surface area contributed by atoms with Crippen molar-refractivity contribution in [3.63, 3.8) is 0 Å². The van der Waals surface area contributed by atoms with Gasteiger partial charge in [-0.3, -0.25) is 10.1 Å². The van der Waals surface area contributed by atoms with Crippen molar-refractivity contribution in [1.82, 2.24) is 10.2 Å². The van der Waals surface area contributed by atoms with Crippen molar-refractivity contribution in [2.24, 2.45) is 0 Å². The van der Waals surface area contributed by atoms with Crippen LogP contribution in [0.4, 0.5) is 5.69 Å². The largest absolute Gasteiger partial charge is 0.496 e. The molecule has 0 N–H and O–H groups in total. The number of benzene rings is 3. The maximum absolute atomic E-state index is 10.8. The summed E-state index contributed by atoms with van der Waals surface area (Å²) in [6.45, 7) is 0.349. The molecule has 3 aromatic carbocycles. The summed E-state index contributed by atoms with van der Waals surface area (Å²) >= 11 is 0. The molecule has 30 heavy (non-hydrogen) atoms. The molecule has 4 aromatic rings. The topological polar surface area (TPSA) is 96.6 Å². The number of ether oxygens (including phenoxy) is 3. The van der Waals surface area contributed by atoms with Crippen molar-refractivity contribution >= 4 is 16.6 Å². The number of hydrogen-bond donors (Lipinski definition) is 0. The van der Waals surface area contributed by atoms with E-state index in [1.54, 1.807) is 13.2 Å². The van der Waals surface area contributed by atoms with Gasteiger partial charge in [0.2, 0.25) is 0 Å². The molecule has 0 saturated carbocycles. The Morgan fingerprint density at radius 3 is 2.50 bits per heavy atom. The average molecular weight is 403 g/mol. The summed E-state index contributed by atoms with van der Waals surface area (Å²) in [7, 11) is 1.62. The Balaban J connectivity index is 1.53. The van der Waals surface area contributed by atoms with Gasteiger partial charge in [0.15, 0.2) is 5.75 Å². The van der Waals surface area contributed by atoms with Gasteiger partial charge in [-0.15, -0.1) is 0 Å². The summed E-state index contributed by atoms with van der Waals surface area (Å²) in [6.07, 6.45) is 1.50. The molecule has 0 spiro atoms. The van der Waals surface area contributed by atoms with Crippen LogP contribution in [0.1, 0.15) is 5.56 Å². The Labute approximate surface area is 171 Å². The second kappa shape index (κ2) is 8.44. The minimum Gasteiger partial charge on any atom is -0.496 e. The number of methoxy groups -OCH3 is 1. The zero-order valence-electron chi connectivity index (χ0n) is 16.0. The van der Waals surface area contributed by atoms with Crippen molar-refractivity contribution in [2.75, 3.05) is 7.11 Å². The van der Waals surface area contributed by atoms with E-state index in [4.69, 9.17) is 14.2 Å². The van der Waals surface area contributed by atoms with Gasteiger partial charge in [0, 0.05) is 29.1 Å². The summed E-state index contributed by atoms with van der Waals surface area (Å²) in [4.78, 5) is 10.3. The first-order chi connectivity index (χ1) is 14.6. The van der Waals surface area contributed by atoms with E-state index in [1.165, 1.54) is 30.5 Å². The molecule has 0 amide bonds. The van der Waals surface area contributed by atoms with E-state index in [0.717, 1.165) is 16.7 Å². The Morgan fingerprint density at radius 2 is 1.73 bits per heavy atom. The third-order valence-corrected chi connectivity index (χ3v) is 4.44. The molecule has 0 aliphatic heterocycles. The van der Waals surface area contributed by atoms with Crippen molar-refractivity contribution in [2.45, 2.75) is 6.61 Å². The fraction of sp³-hybridized carbons (Fsp3) is 0.0909. The number of fused-ring (bicyclic) bond motifs is 1. The number of para-hydroxylation sites is 1. The highest BCUT2D eigenvalue weighted by Crippen LogP contribution is 2.31. The van der Waals surface area contributed by atoms with Gasteiger partial charge in [-0.05, 0) is 30.3 Å². The van der Waals surface area contributed by atoms with Gasteiger partial charge >= 0.3 is 0 Å². The molecule has 0 bridgehead atoms. The molecule has 8 nitrogen and oxygen atoms in total. The zero-order chi connectivity index (χ0) is 20.9. The number of nitrogens with zero attached hydrogens (tertiary/aromatic N) is 3. The van der Waals surface area contributed by atoms with Crippen molar-refractivity contribution in [1.29, 1.82) is 0 Å². The lowest BCUT2D eigenvalue weighted by Gasteiger charge is -2.11. The third kappa shape index (κ3) is 4.12. The highest BCUT2D eigenvalue weighted by Gasteiger charge is 2.10. The van der Waals surface area contributed by atoms with Gasteiger partial charge in [-0.25, -0.2) is 0 Å². The summed E-state index contributed by atoms with van der Waals surface area (Å²) in [6, 6.07) is 18.9. The number of nitro benzene ring substituents is 1. The molecule has 0 unspecified atom stereocenters. The van der Waals surface area contributed by atoms with Crippen LogP contribution in [0.25, 0.3) is 10.9 Å². The maximum atomic E-state index is 10.8. The molecule has 0 saturated heterocycles. The normalized spacial score (nSPS) is 10.6. The van der Waals surface area contributed by atoms with Gasteiger partial charge in [0.1, 0.15) is 29.4 Å². The Bertz CT molecular complexity index is 1190. The van der Waals surface area contributed by atoms with Crippen LogP contribution in [-0.4, -0.2) is 22.2 Å². The summed E-state index contributed by atoms with van der Waals surface area (Å²) in [5.74, 6) is 2.35. The van der Waals surface area contributed by atoms with E-state index >= 15 is 0 Å². The fourth-order valence-corrected chi connectivity index (χ4v) is 2.93. The van der Waals surface area contributed by atoms with Crippen LogP contribution >= 0.6 is 0 Å². The molecular weight excluding hydrogens is 386 g/mol. The monoisotopic (exact) mass is 403 g/mol. The predicted octanol–water partition coefficient (Wildman–Crippen LogP) is 4.92. The lowest BCUT2D eigenvalue weighted by Crippen LogP contribution is -1.99. The van der Waals surface area contributed by atoms with Gasteiger partial charge in [-0.1, -0.05) is 18.2 Å². The first-order valence-corrected chi connectivity index (χ1v) is 9.06. The first-order valence-electron chi connectivity index (χ1n) is 9.06. The maximum Gasteiger partial charge on any atom is 0.269 e. The molecule has 0 aliphatic rings. The second-order valence-electron chi connectivity index (χ2n) is 6.34. The molecule has 0 atom stereocenters. The first kappa shape index (κ1) is 19.1. The van der Waals surface area contributed by atoms with E-state index in [1.807, 2.05) is 36.4 Å². The van der Waals surface area contributed by atoms with Crippen molar-refractivity contribution in [3.05, 3.63) is 88.6 Å². The molecule has 1 heterocycles. The van der Waals surface area contributed by atoms with Gasteiger partial charge < -0.3 is 14.2 Å². The SMILES string of the molecule is COc1ccccc1COc1ccc2c(Oc3ccc([N+](=O)[O-])cc3)cnnc2c1. The van der Waals surface area contributed by atoms with Crippen LogP contribution < -0.4 is 14.2 Å². The molecule has 8 heteroatoms. The lowest BCUT2D eigenvalue weighted by atomic mass is 10.2. The highest BCUT2D eigenvalue weighted by molar-refractivity contribution is 5.85. The molecule has 0 aliphatic carbocycles. The second-order valence-corrected chi connectivity index (χ2v) is 6.34. The van der Waals surface area contributed by atoms with Crippen LogP contribution in [0.5, 0.6) is 23.0 Å². The number of non-ortho nitro benzene ring substituents is 1. The lowest BCUT2D eigenvalue weighted by molar-refractivity contribution is -0.384. The van der Waals surface area contributed by atoms with E-state index < -0.39 is 4.92 Å². The van der Waals surface area contributed by atoms with E-state index in [9.17, 15) is 10.1 Å².